The molecule has 0 fully saturated rings. The van der Waals surface area contributed by atoms with E-state index in [0.717, 1.165) is 5.56 Å². The summed E-state index contributed by atoms with van der Waals surface area (Å²) in [4.78, 5) is 12.5. The third-order valence-electron chi connectivity index (χ3n) is 4.35. The number of aromatic hydroxyl groups is 1. The summed E-state index contributed by atoms with van der Waals surface area (Å²) >= 11 is 0. The molecule has 0 saturated carbocycles. The van der Waals surface area contributed by atoms with Gasteiger partial charge in [-0.15, -0.1) is 0 Å². The van der Waals surface area contributed by atoms with Gasteiger partial charge in [0.15, 0.2) is 5.76 Å². The summed E-state index contributed by atoms with van der Waals surface area (Å²) in [6.07, 6.45) is 3.87. The first-order chi connectivity index (χ1) is 13.7. The average Bonchev–Trinajstić information content (AvgIpc) is 2.75. The molecule has 0 spiro atoms. The van der Waals surface area contributed by atoms with Crippen molar-refractivity contribution in [3.05, 3.63) is 101 Å². The molecule has 0 saturated heterocycles. The fourth-order valence-corrected chi connectivity index (χ4v) is 2.98. The molecular weight excluding hydrogens is 352 g/mol. The van der Waals surface area contributed by atoms with Crippen LogP contribution in [0.4, 0.5) is 0 Å². The van der Waals surface area contributed by atoms with E-state index in [4.69, 9.17) is 9.15 Å². The van der Waals surface area contributed by atoms with Crippen LogP contribution in [-0.4, -0.2) is 11.7 Å². The topological polar surface area (TPSA) is 59.7 Å². The second-order valence-corrected chi connectivity index (χ2v) is 6.23. The Morgan fingerprint density at radius 2 is 1.61 bits per heavy atom. The molecule has 138 valence electrons. The standard InChI is InChI=1S/C24H18O4/c25-22-18-12-4-7-15-21(18)28-24(23(22)26)19-13-5-6-14-20(19)27-16-8-11-17-9-2-1-3-10-17/h1-15,26H,16H2/b11-8+. The number of ether oxygens (including phenoxy) is 1. The van der Waals surface area contributed by atoms with Crippen LogP contribution < -0.4 is 10.2 Å². The van der Waals surface area contributed by atoms with E-state index in [1.54, 1.807) is 42.5 Å². The molecule has 28 heavy (non-hydrogen) atoms. The predicted octanol–water partition coefficient (Wildman–Crippen LogP) is 5.26. The van der Waals surface area contributed by atoms with Crippen LogP contribution in [0.5, 0.6) is 11.5 Å². The maximum Gasteiger partial charge on any atom is 0.235 e. The molecule has 3 aromatic carbocycles. The number of fused-ring (bicyclic) bond motifs is 1. The maximum absolute atomic E-state index is 12.5. The molecule has 4 nitrogen and oxygen atoms in total. The molecule has 0 aliphatic heterocycles. The van der Waals surface area contributed by atoms with Crippen LogP contribution in [0.1, 0.15) is 5.56 Å². The zero-order chi connectivity index (χ0) is 19.3. The van der Waals surface area contributed by atoms with Crippen molar-refractivity contribution < 1.29 is 14.3 Å². The maximum atomic E-state index is 12.5. The van der Waals surface area contributed by atoms with Crippen molar-refractivity contribution >= 4 is 17.0 Å². The lowest BCUT2D eigenvalue weighted by Crippen LogP contribution is -2.03. The SMILES string of the molecule is O=c1c(O)c(-c2ccccc2OC/C=C/c2ccccc2)oc2ccccc12. The Morgan fingerprint density at radius 1 is 0.893 bits per heavy atom. The lowest BCUT2D eigenvalue weighted by Gasteiger charge is -2.11. The van der Waals surface area contributed by atoms with Crippen molar-refractivity contribution in [1.82, 2.24) is 0 Å². The van der Waals surface area contributed by atoms with Gasteiger partial charge in [-0.2, -0.15) is 0 Å². The predicted molar refractivity (Wildman–Crippen MR) is 111 cm³/mol. The highest BCUT2D eigenvalue weighted by Gasteiger charge is 2.18. The highest BCUT2D eigenvalue weighted by atomic mass is 16.5. The molecule has 0 unspecified atom stereocenters. The Balaban J connectivity index is 1.65. The number of benzene rings is 3. The van der Waals surface area contributed by atoms with Crippen LogP contribution in [0.15, 0.2) is 94.2 Å². The zero-order valence-corrected chi connectivity index (χ0v) is 15.0. The van der Waals surface area contributed by atoms with Crippen LogP contribution in [0, 0.1) is 0 Å². The molecule has 1 aromatic heterocycles. The van der Waals surface area contributed by atoms with E-state index in [0.29, 0.717) is 28.9 Å². The van der Waals surface area contributed by atoms with Crippen LogP contribution in [0.3, 0.4) is 0 Å². The molecule has 0 aliphatic carbocycles. The smallest absolute Gasteiger partial charge is 0.235 e. The van der Waals surface area contributed by atoms with Crippen molar-refractivity contribution in [1.29, 1.82) is 0 Å². The van der Waals surface area contributed by atoms with Gasteiger partial charge in [0.1, 0.15) is 17.9 Å². The summed E-state index contributed by atoms with van der Waals surface area (Å²) in [7, 11) is 0. The van der Waals surface area contributed by atoms with Crippen molar-refractivity contribution in [2.75, 3.05) is 6.61 Å². The number of rotatable bonds is 5. The Labute approximate surface area is 162 Å². The molecule has 1 heterocycles. The molecule has 4 heteroatoms. The van der Waals surface area contributed by atoms with Crippen LogP contribution >= 0.6 is 0 Å². The van der Waals surface area contributed by atoms with Gasteiger partial charge in [-0.05, 0) is 35.9 Å². The third-order valence-corrected chi connectivity index (χ3v) is 4.35. The van der Waals surface area contributed by atoms with E-state index in [9.17, 15) is 9.90 Å². The molecule has 4 rings (SSSR count). The van der Waals surface area contributed by atoms with Gasteiger partial charge >= 0.3 is 0 Å². The Kier molecular flexibility index (Phi) is 4.93. The second kappa shape index (κ2) is 7.84. The summed E-state index contributed by atoms with van der Waals surface area (Å²) in [6.45, 7) is 0.338. The van der Waals surface area contributed by atoms with Gasteiger partial charge in [0.05, 0.1) is 10.9 Å². The molecule has 0 atom stereocenters. The minimum absolute atomic E-state index is 0.103. The van der Waals surface area contributed by atoms with Crippen LogP contribution in [0.25, 0.3) is 28.4 Å². The summed E-state index contributed by atoms with van der Waals surface area (Å²) in [5.74, 6) is 0.204. The lowest BCUT2D eigenvalue weighted by atomic mass is 10.1. The highest BCUT2D eigenvalue weighted by molar-refractivity contribution is 5.82. The van der Waals surface area contributed by atoms with Crippen LogP contribution in [-0.2, 0) is 0 Å². The van der Waals surface area contributed by atoms with Gasteiger partial charge in [-0.25, -0.2) is 0 Å². The molecule has 0 amide bonds. The Morgan fingerprint density at radius 3 is 2.46 bits per heavy atom. The number of hydrogen-bond acceptors (Lipinski definition) is 4. The zero-order valence-electron chi connectivity index (χ0n) is 15.0. The first-order valence-electron chi connectivity index (χ1n) is 8.92. The summed E-state index contributed by atoms with van der Waals surface area (Å²) in [6, 6.07) is 23.9. The van der Waals surface area contributed by atoms with Crippen molar-refractivity contribution in [2.45, 2.75) is 0 Å². The van der Waals surface area contributed by atoms with Gasteiger partial charge < -0.3 is 14.3 Å². The van der Waals surface area contributed by atoms with Gasteiger partial charge in [-0.1, -0.05) is 60.7 Å². The minimum Gasteiger partial charge on any atom is -0.502 e. The summed E-state index contributed by atoms with van der Waals surface area (Å²) < 4.78 is 11.7. The minimum atomic E-state index is -0.462. The second-order valence-electron chi connectivity index (χ2n) is 6.23. The third kappa shape index (κ3) is 3.53. The van der Waals surface area contributed by atoms with E-state index < -0.39 is 11.2 Å². The summed E-state index contributed by atoms with van der Waals surface area (Å²) in [5.41, 5.74) is 1.56. The Hall–Kier alpha value is -3.79. The van der Waals surface area contributed by atoms with E-state index in [2.05, 4.69) is 0 Å². The van der Waals surface area contributed by atoms with E-state index in [-0.39, 0.29) is 5.76 Å². The quantitative estimate of drug-likeness (QED) is 0.521. The molecule has 0 radical (unpaired) electrons. The molecular formula is C24H18O4. The average molecular weight is 370 g/mol. The monoisotopic (exact) mass is 370 g/mol. The number of hydrogen-bond donors (Lipinski definition) is 1. The van der Waals surface area contributed by atoms with E-state index in [1.807, 2.05) is 48.6 Å². The first-order valence-corrected chi connectivity index (χ1v) is 8.92. The van der Waals surface area contributed by atoms with Crippen molar-refractivity contribution in [3.8, 4) is 22.8 Å². The van der Waals surface area contributed by atoms with Crippen LogP contribution in [0.2, 0.25) is 0 Å². The molecule has 0 aliphatic rings. The van der Waals surface area contributed by atoms with E-state index in [1.165, 1.54) is 0 Å². The molecule has 0 bridgehead atoms. The highest BCUT2D eigenvalue weighted by Crippen LogP contribution is 2.36. The summed E-state index contributed by atoms with van der Waals surface area (Å²) in [5, 5.41) is 10.8. The van der Waals surface area contributed by atoms with Crippen molar-refractivity contribution in [2.24, 2.45) is 0 Å². The van der Waals surface area contributed by atoms with Gasteiger partial charge in [0.2, 0.25) is 11.2 Å². The van der Waals surface area contributed by atoms with Crippen molar-refractivity contribution in [3.63, 3.8) is 0 Å². The lowest BCUT2D eigenvalue weighted by molar-refractivity contribution is 0.363. The normalized spacial score (nSPS) is 11.1. The van der Waals surface area contributed by atoms with Gasteiger partial charge in [0, 0.05) is 0 Å². The fourth-order valence-electron chi connectivity index (χ4n) is 2.98. The Bertz CT molecular complexity index is 1190. The molecule has 1 N–H and O–H groups in total. The number of para-hydroxylation sites is 2. The van der Waals surface area contributed by atoms with Gasteiger partial charge in [-0.3, -0.25) is 4.79 Å². The molecule has 4 aromatic rings. The van der Waals surface area contributed by atoms with E-state index >= 15 is 0 Å². The first kappa shape index (κ1) is 17.6. The fraction of sp³-hybridized carbons (Fsp3) is 0.0417. The largest absolute Gasteiger partial charge is 0.502 e. The van der Waals surface area contributed by atoms with Gasteiger partial charge in [0.25, 0.3) is 0 Å².